The Bertz CT molecular complexity index is 2110. The molecule has 2 bridgehead atoms. The molecule has 0 saturated carbocycles. The summed E-state index contributed by atoms with van der Waals surface area (Å²) in [5.41, 5.74) is 0.462. The third-order valence-electron chi connectivity index (χ3n) is 11.3. The van der Waals surface area contributed by atoms with Crippen LogP contribution in [-0.2, 0) is 28.7 Å². The quantitative estimate of drug-likeness (QED) is 0.0788. The van der Waals surface area contributed by atoms with Crippen LogP contribution in [0.15, 0.2) is 128 Å². The number of rotatable bonds is 15. The zero-order valence-electron chi connectivity index (χ0n) is 31.2. The number of alkyl halides is 1. The van der Waals surface area contributed by atoms with Crippen molar-refractivity contribution in [2.75, 3.05) is 18.1 Å². The predicted octanol–water partition coefficient (Wildman–Crippen LogP) is 6.60. The van der Waals surface area contributed by atoms with Crippen LogP contribution in [0.25, 0.3) is 10.8 Å². The fraction of sp³-hybridized carbons (Fsp3) is 0.333. The summed E-state index contributed by atoms with van der Waals surface area (Å²) in [6.45, 7) is 9.07. The van der Waals surface area contributed by atoms with Crippen molar-refractivity contribution in [1.82, 2.24) is 10.2 Å². The maximum atomic E-state index is 15.4. The maximum Gasteiger partial charge on any atom is 0.313 e. The number of esters is 1. The molecule has 0 aliphatic carbocycles. The van der Waals surface area contributed by atoms with E-state index in [9.17, 15) is 14.7 Å². The molecule has 3 heterocycles. The number of halogens is 1. The maximum absolute atomic E-state index is 15.4. The van der Waals surface area contributed by atoms with E-state index < -0.39 is 77.0 Å². The van der Waals surface area contributed by atoms with Crippen molar-refractivity contribution in [2.24, 2.45) is 11.8 Å². The standard InChI is InChI=1S/C45H46BrN3O7/c1-4-6-21-36(51)47-28(3)39(31-18-11-8-12-19-31)55-44(54)37-38-42(52)49(35(27-50)30-16-9-7-10-17-30)41(45(38)26-34(46)40(37)56-45)43(53)48(24-5-2)33-23-22-29-15-13-14-20-32(29)25-33/h4-5,7-20,22-23,25,28,34-35,37-41,50H,1-2,6,21,24,26-27H2,3H3,(H,47,51)/t28-,34?,35+,37-,38+,39-,40-,41-,45+/m0/s1. The van der Waals surface area contributed by atoms with Gasteiger partial charge in [0.05, 0.1) is 36.6 Å². The number of allylic oxidation sites excluding steroid dienone is 1. The molecule has 9 atom stereocenters. The Kier molecular flexibility index (Phi) is 11.6. The van der Waals surface area contributed by atoms with Crippen LogP contribution in [0.3, 0.4) is 0 Å². The van der Waals surface area contributed by atoms with Crippen LogP contribution in [-0.4, -0.2) is 75.5 Å². The largest absolute Gasteiger partial charge is 0.455 e. The smallest absolute Gasteiger partial charge is 0.313 e. The second-order valence-electron chi connectivity index (χ2n) is 14.7. The first-order valence-corrected chi connectivity index (χ1v) is 19.9. The highest BCUT2D eigenvalue weighted by atomic mass is 79.9. The molecule has 4 aromatic carbocycles. The van der Waals surface area contributed by atoms with Crippen LogP contribution < -0.4 is 10.2 Å². The molecule has 290 valence electrons. The summed E-state index contributed by atoms with van der Waals surface area (Å²) in [5, 5.41) is 15.9. The first-order chi connectivity index (χ1) is 27.1. The second kappa shape index (κ2) is 16.6. The normalized spacial score (nSPS) is 25.2. The van der Waals surface area contributed by atoms with Gasteiger partial charge in [-0.2, -0.15) is 0 Å². The number of carbonyl (C=O) groups is 4. The molecular formula is C45H46BrN3O7. The highest BCUT2D eigenvalue weighted by Crippen LogP contribution is 2.61. The monoisotopic (exact) mass is 819 g/mol. The molecule has 3 aliphatic rings. The molecule has 0 aromatic heterocycles. The van der Waals surface area contributed by atoms with Gasteiger partial charge in [0.25, 0.3) is 5.91 Å². The summed E-state index contributed by atoms with van der Waals surface area (Å²) in [6.07, 6.45) is 2.59. The highest BCUT2D eigenvalue weighted by Gasteiger charge is 2.78. The van der Waals surface area contributed by atoms with Crippen LogP contribution in [0.1, 0.15) is 49.5 Å². The van der Waals surface area contributed by atoms with E-state index in [1.165, 1.54) is 4.90 Å². The van der Waals surface area contributed by atoms with Crippen molar-refractivity contribution in [2.45, 2.75) is 66.9 Å². The molecule has 3 amide bonds. The van der Waals surface area contributed by atoms with Crippen LogP contribution in [0.5, 0.6) is 0 Å². The molecule has 3 fully saturated rings. The number of fused-ring (bicyclic) bond motifs is 2. The van der Waals surface area contributed by atoms with Gasteiger partial charge in [-0.05, 0) is 53.8 Å². The number of benzene rings is 4. The van der Waals surface area contributed by atoms with E-state index in [1.54, 1.807) is 36.1 Å². The van der Waals surface area contributed by atoms with Gasteiger partial charge in [0.1, 0.15) is 17.7 Å². The van der Waals surface area contributed by atoms with E-state index in [2.05, 4.69) is 34.4 Å². The van der Waals surface area contributed by atoms with Gasteiger partial charge < -0.3 is 29.7 Å². The van der Waals surface area contributed by atoms with Gasteiger partial charge in [0.15, 0.2) is 0 Å². The van der Waals surface area contributed by atoms with E-state index in [-0.39, 0.29) is 25.3 Å². The molecule has 56 heavy (non-hydrogen) atoms. The van der Waals surface area contributed by atoms with Crippen molar-refractivity contribution >= 4 is 56.1 Å². The summed E-state index contributed by atoms with van der Waals surface area (Å²) >= 11 is 3.77. The third-order valence-corrected chi connectivity index (χ3v) is 12.2. The van der Waals surface area contributed by atoms with Crippen LogP contribution >= 0.6 is 15.9 Å². The van der Waals surface area contributed by atoms with E-state index in [1.807, 2.05) is 91.0 Å². The highest BCUT2D eigenvalue weighted by molar-refractivity contribution is 9.09. The molecule has 4 aromatic rings. The lowest BCUT2D eigenvalue weighted by Gasteiger charge is -2.39. The van der Waals surface area contributed by atoms with Crippen LogP contribution in [0, 0.1) is 11.8 Å². The average molecular weight is 821 g/mol. The summed E-state index contributed by atoms with van der Waals surface area (Å²) in [6, 6.07) is 29.0. The number of hydrogen-bond acceptors (Lipinski definition) is 7. The molecule has 2 N–H and O–H groups in total. The molecule has 3 saturated heterocycles. The van der Waals surface area contributed by atoms with Crippen molar-refractivity contribution in [3.8, 4) is 0 Å². The SMILES string of the molecule is C=CCCC(=O)N[C@@H](C)[C@H](OC(=O)[C@@H]1[C@H]2O[C@@]3(CC2Br)[C@H](C(=O)N(CC=C)c2ccc4ccccc4c2)N([C@H](CO)c2ccccc2)C(=O)[C@@H]13)c1ccccc1. The summed E-state index contributed by atoms with van der Waals surface area (Å²) in [5.74, 6) is -3.99. The number of aliphatic hydroxyl groups excluding tert-OH is 1. The Morgan fingerprint density at radius 1 is 0.982 bits per heavy atom. The van der Waals surface area contributed by atoms with Gasteiger partial charge >= 0.3 is 5.97 Å². The first-order valence-electron chi connectivity index (χ1n) is 19.0. The lowest BCUT2D eigenvalue weighted by molar-refractivity contribution is -0.162. The van der Waals surface area contributed by atoms with Crippen molar-refractivity contribution in [3.05, 3.63) is 140 Å². The Morgan fingerprint density at radius 3 is 2.30 bits per heavy atom. The van der Waals surface area contributed by atoms with Gasteiger partial charge in [0, 0.05) is 23.5 Å². The Balaban J connectivity index is 1.29. The van der Waals surface area contributed by atoms with Crippen LogP contribution in [0.2, 0.25) is 0 Å². The van der Waals surface area contributed by atoms with E-state index in [0.717, 1.165) is 10.8 Å². The van der Waals surface area contributed by atoms with Crippen molar-refractivity contribution < 1.29 is 33.8 Å². The third kappa shape index (κ3) is 7.08. The number of hydrogen-bond donors (Lipinski definition) is 2. The number of ether oxygens (including phenoxy) is 2. The molecule has 11 heteroatoms. The number of aliphatic hydroxyl groups is 1. The van der Waals surface area contributed by atoms with Gasteiger partial charge in [-0.25, -0.2) is 0 Å². The minimum Gasteiger partial charge on any atom is -0.455 e. The Labute approximate surface area is 335 Å². The van der Waals surface area contributed by atoms with Crippen molar-refractivity contribution in [1.29, 1.82) is 0 Å². The number of anilines is 1. The minimum absolute atomic E-state index is 0.132. The summed E-state index contributed by atoms with van der Waals surface area (Å²) in [7, 11) is 0. The van der Waals surface area contributed by atoms with E-state index >= 15 is 9.59 Å². The molecule has 1 spiro atoms. The molecule has 3 aliphatic heterocycles. The minimum atomic E-state index is -1.44. The zero-order valence-corrected chi connectivity index (χ0v) is 32.8. The molecule has 7 rings (SSSR count). The van der Waals surface area contributed by atoms with E-state index in [0.29, 0.717) is 23.2 Å². The van der Waals surface area contributed by atoms with Gasteiger partial charge in [-0.3, -0.25) is 19.2 Å². The first kappa shape index (κ1) is 39.1. The van der Waals surface area contributed by atoms with Crippen molar-refractivity contribution in [3.63, 3.8) is 0 Å². The summed E-state index contributed by atoms with van der Waals surface area (Å²) < 4.78 is 13.2. The average Bonchev–Trinajstić information content (AvgIpc) is 3.81. The van der Waals surface area contributed by atoms with Gasteiger partial charge in [-0.15, -0.1) is 13.2 Å². The lowest BCUT2D eigenvalue weighted by Crippen LogP contribution is -2.57. The number of amides is 3. The molecule has 1 unspecified atom stereocenters. The Hall–Kier alpha value is -5.10. The molecular weight excluding hydrogens is 774 g/mol. The second-order valence-corrected chi connectivity index (χ2v) is 15.9. The van der Waals surface area contributed by atoms with E-state index in [4.69, 9.17) is 9.47 Å². The number of likely N-dealkylation sites (tertiary alicyclic amines) is 1. The lowest BCUT2D eigenvalue weighted by atomic mass is 9.70. The zero-order chi connectivity index (χ0) is 39.6. The number of nitrogens with one attached hydrogen (secondary N) is 1. The molecule has 10 nitrogen and oxygen atoms in total. The number of nitrogens with zero attached hydrogens (tertiary/aromatic N) is 2. The topological polar surface area (TPSA) is 125 Å². The number of carbonyl (C=O) groups excluding carboxylic acids is 4. The molecule has 0 radical (unpaired) electrons. The van der Waals surface area contributed by atoms with Crippen LogP contribution in [0.4, 0.5) is 5.69 Å². The van der Waals surface area contributed by atoms with Gasteiger partial charge in [-0.1, -0.05) is 119 Å². The summed E-state index contributed by atoms with van der Waals surface area (Å²) in [4.78, 5) is 60.7. The Morgan fingerprint density at radius 2 is 1.64 bits per heavy atom. The fourth-order valence-corrected chi connectivity index (χ4v) is 9.81. The predicted molar refractivity (Wildman–Crippen MR) is 218 cm³/mol. The fourth-order valence-electron chi connectivity index (χ4n) is 8.87. The van der Waals surface area contributed by atoms with Gasteiger partial charge in [0.2, 0.25) is 11.8 Å².